The molecular formula is C18H23NO2. The van der Waals surface area contributed by atoms with Gasteiger partial charge in [-0.05, 0) is 29.7 Å². The Kier molecular flexibility index (Phi) is 4.42. The van der Waals surface area contributed by atoms with E-state index in [1.807, 2.05) is 18.2 Å². The second kappa shape index (κ2) is 6.46. The fourth-order valence-corrected chi connectivity index (χ4v) is 3.42. The average Bonchev–Trinajstić information content (AvgIpc) is 3.04. The molecule has 1 atom stereocenters. The highest BCUT2D eigenvalue weighted by Gasteiger charge is 2.23. The quantitative estimate of drug-likeness (QED) is 0.884. The Morgan fingerprint density at radius 3 is 2.67 bits per heavy atom. The van der Waals surface area contributed by atoms with Crippen LogP contribution in [-0.4, -0.2) is 24.9 Å². The molecule has 3 nitrogen and oxygen atoms in total. The molecule has 1 aliphatic carbocycles. The molecule has 0 heterocycles. The van der Waals surface area contributed by atoms with E-state index in [9.17, 15) is 5.11 Å². The molecule has 112 valence electrons. The van der Waals surface area contributed by atoms with Crippen LogP contribution in [0.25, 0.3) is 10.8 Å². The molecule has 2 aromatic rings. The van der Waals surface area contributed by atoms with E-state index < -0.39 is 0 Å². The van der Waals surface area contributed by atoms with Crippen molar-refractivity contribution in [3.05, 3.63) is 42.0 Å². The van der Waals surface area contributed by atoms with Crippen molar-refractivity contribution in [1.82, 2.24) is 5.32 Å². The topological polar surface area (TPSA) is 41.5 Å². The van der Waals surface area contributed by atoms with Gasteiger partial charge in [-0.25, -0.2) is 0 Å². The van der Waals surface area contributed by atoms with Gasteiger partial charge < -0.3 is 15.2 Å². The van der Waals surface area contributed by atoms with E-state index in [-0.39, 0.29) is 12.6 Å². The number of aliphatic hydroxyl groups is 1. The number of hydrogen-bond donors (Lipinski definition) is 2. The summed E-state index contributed by atoms with van der Waals surface area (Å²) in [5.41, 5.74) is 1.07. The Labute approximate surface area is 125 Å². The van der Waals surface area contributed by atoms with Gasteiger partial charge in [-0.2, -0.15) is 0 Å². The summed E-state index contributed by atoms with van der Waals surface area (Å²) >= 11 is 0. The highest BCUT2D eigenvalue weighted by Crippen LogP contribution is 2.34. The Morgan fingerprint density at radius 2 is 1.95 bits per heavy atom. The smallest absolute Gasteiger partial charge is 0.124 e. The van der Waals surface area contributed by atoms with Crippen LogP contribution in [0.2, 0.25) is 0 Å². The predicted molar refractivity (Wildman–Crippen MR) is 85.7 cm³/mol. The monoisotopic (exact) mass is 285 g/mol. The normalized spacial score (nSPS) is 17.2. The molecule has 0 bridgehead atoms. The maximum absolute atomic E-state index is 9.90. The van der Waals surface area contributed by atoms with E-state index in [0.29, 0.717) is 6.04 Å². The van der Waals surface area contributed by atoms with Crippen LogP contribution < -0.4 is 10.1 Å². The number of nitrogens with one attached hydrogen (secondary N) is 1. The van der Waals surface area contributed by atoms with Crippen molar-refractivity contribution < 1.29 is 9.84 Å². The number of hydrogen-bond acceptors (Lipinski definition) is 3. The van der Waals surface area contributed by atoms with Crippen LogP contribution in [-0.2, 0) is 0 Å². The minimum absolute atomic E-state index is 0.0749. The molecular weight excluding hydrogens is 262 g/mol. The third kappa shape index (κ3) is 2.89. The third-order valence-electron chi connectivity index (χ3n) is 4.47. The van der Waals surface area contributed by atoms with Gasteiger partial charge in [-0.15, -0.1) is 0 Å². The van der Waals surface area contributed by atoms with E-state index in [0.717, 1.165) is 16.7 Å². The van der Waals surface area contributed by atoms with Gasteiger partial charge in [-0.3, -0.25) is 0 Å². The molecule has 3 rings (SSSR count). The zero-order chi connectivity index (χ0) is 14.7. The second-order valence-corrected chi connectivity index (χ2v) is 5.79. The van der Waals surface area contributed by atoms with Crippen molar-refractivity contribution >= 4 is 10.8 Å². The number of aliphatic hydroxyl groups excluding tert-OH is 1. The van der Waals surface area contributed by atoms with Crippen LogP contribution in [0.1, 0.15) is 37.3 Å². The summed E-state index contributed by atoms with van der Waals surface area (Å²) in [5, 5.41) is 15.9. The molecule has 0 saturated heterocycles. The second-order valence-electron chi connectivity index (χ2n) is 5.79. The molecule has 1 saturated carbocycles. The van der Waals surface area contributed by atoms with Crippen molar-refractivity contribution in [2.75, 3.05) is 13.7 Å². The van der Waals surface area contributed by atoms with Crippen LogP contribution in [0.3, 0.4) is 0 Å². The highest BCUT2D eigenvalue weighted by molar-refractivity contribution is 5.88. The van der Waals surface area contributed by atoms with Crippen LogP contribution in [0, 0.1) is 0 Å². The van der Waals surface area contributed by atoms with Crippen molar-refractivity contribution in [3.63, 3.8) is 0 Å². The van der Waals surface area contributed by atoms with Gasteiger partial charge in [0.2, 0.25) is 0 Å². The summed E-state index contributed by atoms with van der Waals surface area (Å²) in [4.78, 5) is 0. The number of benzene rings is 2. The van der Waals surface area contributed by atoms with Gasteiger partial charge in [0.1, 0.15) is 5.75 Å². The van der Waals surface area contributed by atoms with Crippen LogP contribution >= 0.6 is 0 Å². The highest BCUT2D eigenvalue weighted by atomic mass is 16.5. The Hall–Kier alpha value is -1.58. The maximum Gasteiger partial charge on any atom is 0.124 e. The Bertz CT molecular complexity index is 605. The van der Waals surface area contributed by atoms with Crippen molar-refractivity contribution in [2.45, 2.75) is 37.8 Å². The van der Waals surface area contributed by atoms with Crippen LogP contribution in [0.4, 0.5) is 0 Å². The first kappa shape index (κ1) is 14.4. The summed E-state index contributed by atoms with van der Waals surface area (Å²) in [5.74, 6) is 0.846. The summed E-state index contributed by atoms with van der Waals surface area (Å²) in [7, 11) is 1.69. The molecule has 1 fully saturated rings. The van der Waals surface area contributed by atoms with Crippen molar-refractivity contribution in [2.24, 2.45) is 0 Å². The zero-order valence-electron chi connectivity index (χ0n) is 12.5. The first-order valence-corrected chi connectivity index (χ1v) is 7.76. The lowest BCUT2D eigenvalue weighted by Gasteiger charge is -2.24. The fourth-order valence-electron chi connectivity index (χ4n) is 3.42. The van der Waals surface area contributed by atoms with Gasteiger partial charge in [-0.1, -0.05) is 43.2 Å². The van der Waals surface area contributed by atoms with E-state index in [4.69, 9.17) is 4.74 Å². The molecule has 0 aromatic heterocycles. The summed E-state index contributed by atoms with van der Waals surface area (Å²) < 4.78 is 5.55. The van der Waals surface area contributed by atoms with Crippen molar-refractivity contribution in [1.29, 1.82) is 0 Å². The standard InChI is InChI=1S/C18H23NO2/c1-21-17-11-10-13-6-2-5-9-15(13)18(17)16(12-20)19-14-7-3-4-8-14/h2,5-6,9-11,14,16,19-20H,3-4,7-8,12H2,1H3. The van der Waals surface area contributed by atoms with E-state index >= 15 is 0 Å². The molecule has 2 aromatic carbocycles. The third-order valence-corrected chi connectivity index (χ3v) is 4.47. The van der Waals surface area contributed by atoms with Crippen LogP contribution in [0.15, 0.2) is 36.4 Å². The van der Waals surface area contributed by atoms with Gasteiger partial charge in [0.15, 0.2) is 0 Å². The molecule has 2 N–H and O–H groups in total. The lowest BCUT2D eigenvalue weighted by atomic mass is 9.97. The Balaban J connectivity index is 2.02. The number of ether oxygens (including phenoxy) is 1. The molecule has 1 aliphatic rings. The zero-order valence-corrected chi connectivity index (χ0v) is 12.5. The minimum atomic E-state index is -0.0749. The summed E-state index contributed by atoms with van der Waals surface area (Å²) in [6.45, 7) is 0.0842. The van der Waals surface area contributed by atoms with Gasteiger partial charge in [0.25, 0.3) is 0 Å². The van der Waals surface area contributed by atoms with Crippen molar-refractivity contribution in [3.8, 4) is 5.75 Å². The maximum atomic E-state index is 9.90. The first-order valence-electron chi connectivity index (χ1n) is 7.76. The van der Waals surface area contributed by atoms with Gasteiger partial charge >= 0.3 is 0 Å². The van der Waals surface area contributed by atoms with E-state index in [2.05, 4.69) is 23.5 Å². The van der Waals surface area contributed by atoms with E-state index in [1.54, 1.807) is 7.11 Å². The largest absolute Gasteiger partial charge is 0.496 e. The van der Waals surface area contributed by atoms with Gasteiger partial charge in [0, 0.05) is 11.6 Å². The van der Waals surface area contributed by atoms with Crippen LogP contribution in [0.5, 0.6) is 5.75 Å². The Morgan fingerprint density at radius 1 is 1.19 bits per heavy atom. The number of methoxy groups -OCH3 is 1. The minimum Gasteiger partial charge on any atom is -0.496 e. The van der Waals surface area contributed by atoms with Gasteiger partial charge in [0.05, 0.1) is 19.8 Å². The predicted octanol–water partition coefficient (Wildman–Crippen LogP) is 3.41. The number of fused-ring (bicyclic) bond motifs is 1. The molecule has 0 aliphatic heterocycles. The lowest BCUT2D eigenvalue weighted by Crippen LogP contribution is -2.33. The summed E-state index contributed by atoms with van der Waals surface area (Å²) in [6.07, 6.45) is 4.96. The summed E-state index contributed by atoms with van der Waals surface area (Å²) in [6, 6.07) is 12.8. The average molecular weight is 285 g/mol. The molecule has 0 spiro atoms. The molecule has 0 amide bonds. The fraction of sp³-hybridized carbons (Fsp3) is 0.444. The molecule has 21 heavy (non-hydrogen) atoms. The SMILES string of the molecule is COc1ccc2ccccc2c1C(CO)NC1CCCC1. The number of rotatable bonds is 5. The molecule has 1 unspecified atom stereocenters. The van der Waals surface area contributed by atoms with E-state index in [1.165, 1.54) is 31.1 Å². The molecule has 3 heteroatoms. The molecule has 0 radical (unpaired) electrons. The lowest BCUT2D eigenvalue weighted by molar-refractivity contribution is 0.230. The first-order chi connectivity index (χ1) is 10.3.